The third kappa shape index (κ3) is 5.08. The first-order valence-electron chi connectivity index (χ1n) is 21.1. The number of aromatic nitrogens is 3. The fraction of sp³-hybridized carbons (Fsp3) is 0.0172. The van der Waals surface area contributed by atoms with Gasteiger partial charge in [-0.05, 0) is 85.0 Å². The van der Waals surface area contributed by atoms with Crippen molar-refractivity contribution in [3.8, 4) is 78.7 Å². The van der Waals surface area contributed by atoms with E-state index >= 15 is 0 Å². The van der Waals surface area contributed by atoms with Crippen molar-refractivity contribution in [1.82, 2.24) is 15.0 Å². The maximum Gasteiger partial charge on any atom is 0.165 e. The van der Waals surface area contributed by atoms with Crippen LogP contribution in [0.1, 0.15) is 22.3 Å². The van der Waals surface area contributed by atoms with Crippen LogP contribution < -0.4 is 0 Å². The highest BCUT2D eigenvalue weighted by molar-refractivity contribution is 7.26. The number of benzene rings is 9. The molecule has 0 unspecified atom stereocenters. The predicted molar refractivity (Wildman–Crippen MR) is 256 cm³/mol. The summed E-state index contributed by atoms with van der Waals surface area (Å²) >= 11 is 1.79. The molecular weight excluding hydrogens is 771 g/mol. The quantitative estimate of drug-likeness (QED) is 0.174. The lowest BCUT2D eigenvalue weighted by Crippen LogP contribution is -2.25. The average Bonchev–Trinajstić information content (AvgIpc) is 3.98. The van der Waals surface area contributed by atoms with E-state index in [0.29, 0.717) is 17.5 Å². The molecule has 2 aliphatic rings. The Kier molecular flexibility index (Phi) is 7.69. The Morgan fingerprint density at radius 2 is 0.774 bits per heavy atom. The molecule has 2 heterocycles. The monoisotopic (exact) mass is 805 g/mol. The zero-order valence-electron chi connectivity index (χ0n) is 33.5. The van der Waals surface area contributed by atoms with Gasteiger partial charge in [-0.3, -0.25) is 0 Å². The molecule has 0 aliphatic heterocycles. The van der Waals surface area contributed by atoms with Crippen molar-refractivity contribution in [3.05, 3.63) is 235 Å². The molecule has 13 rings (SSSR count). The van der Waals surface area contributed by atoms with Crippen molar-refractivity contribution in [2.45, 2.75) is 5.41 Å². The molecule has 0 bridgehead atoms. The lowest BCUT2D eigenvalue weighted by Gasteiger charge is -2.30. The van der Waals surface area contributed by atoms with Crippen molar-refractivity contribution in [1.29, 1.82) is 0 Å². The van der Waals surface area contributed by atoms with Gasteiger partial charge in [-0.1, -0.05) is 194 Å². The Morgan fingerprint density at radius 1 is 0.290 bits per heavy atom. The minimum Gasteiger partial charge on any atom is -0.208 e. The highest BCUT2D eigenvalue weighted by atomic mass is 32.1. The molecule has 288 valence electrons. The molecule has 62 heavy (non-hydrogen) atoms. The molecule has 1 spiro atoms. The Bertz CT molecular complexity index is 3520. The van der Waals surface area contributed by atoms with Crippen LogP contribution in [0, 0.1) is 0 Å². The molecular formula is C58H35N3S. The first-order valence-corrected chi connectivity index (χ1v) is 21.9. The van der Waals surface area contributed by atoms with Crippen molar-refractivity contribution in [2.24, 2.45) is 0 Å². The molecule has 2 aliphatic carbocycles. The number of nitrogens with zero attached hydrogens (tertiary/aromatic N) is 3. The van der Waals surface area contributed by atoms with Crippen LogP contribution in [0.15, 0.2) is 212 Å². The summed E-state index contributed by atoms with van der Waals surface area (Å²) < 4.78 is 2.43. The highest BCUT2D eigenvalue weighted by Gasteiger charge is 2.51. The van der Waals surface area contributed by atoms with Crippen LogP contribution in [0.5, 0.6) is 0 Å². The maximum atomic E-state index is 5.27. The van der Waals surface area contributed by atoms with Gasteiger partial charge in [-0.15, -0.1) is 11.3 Å². The van der Waals surface area contributed by atoms with Gasteiger partial charge in [0.25, 0.3) is 0 Å². The lowest BCUT2D eigenvalue weighted by atomic mass is 9.70. The molecule has 0 amide bonds. The summed E-state index contributed by atoms with van der Waals surface area (Å²) in [5.41, 5.74) is 17.7. The minimum atomic E-state index is -0.376. The predicted octanol–water partition coefficient (Wildman–Crippen LogP) is 14.9. The van der Waals surface area contributed by atoms with Gasteiger partial charge in [0.2, 0.25) is 0 Å². The fourth-order valence-electron chi connectivity index (χ4n) is 10.3. The van der Waals surface area contributed by atoms with Gasteiger partial charge in [0.1, 0.15) is 0 Å². The van der Waals surface area contributed by atoms with Crippen molar-refractivity contribution in [3.63, 3.8) is 0 Å². The summed E-state index contributed by atoms with van der Waals surface area (Å²) in [5, 5.41) is 2.46. The summed E-state index contributed by atoms with van der Waals surface area (Å²) in [4.78, 5) is 15.6. The Morgan fingerprint density at radius 3 is 1.47 bits per heavy atom. The zero-order valence-corrected chi connectivity index (χ0v) is 34.3. The van der Waals surface area contributed by atoms with E-state index < -0.39 is 0 Å². The topological polar surface area (TPSA) is 38.7 Å². The fourth-order valence-corrected chi connectivity index (χ4v) is 11.5. The van der Waals surface area contributed by atoms with Crippen molar-refractivity contribution >= 4 is 31.5 Å². The van der Waals surface area contributed by atoms with Gasteiger partial charge in [0.05, 0.1) is 5.41 Å². The largest absolute Gasteiger partial charge is 0.208 e. The smallest absolute Gasteiger partial charge is 0.165 e. The lowest BCUT2D eigenvalue weighted by molar-refractivity contribution is 0.794. The van der Waals surface area contributed by atoms with Gasteiger partial charge in [-0.25, -0.2) is 15.0 Å². The third-order valence-electron chi connectivity index (χ3n) is 13.0. The molecule has 11 aromatic rings. The molecule has 0 atom stereocenters. The molecule has 9 aromatic carbocycles. The normalized spacial score (nSPS) is 13.0. The molecule has 3 nitrogen and oxygen atoms in total. The highest BCUT2D eigenvalue weighted by Crippen LogP contribution is 2.63. The third-order valence-corrected chi connectivity index (χ3v) is 14.2. The van der Waals surface area contributed by atoms with Gasteiger partial charge in [0, 0.05) is 36.9 Å². The number of hydrogen-bond acceptors (Lipinski definition) is 4. The van der Waals surface area contributed by atoms with Crippen LogP contribution in [0.4, 0.5) is 0 Å². The summed E-state index contributed by atoms with van der Waals surface area (Å²) in [6.45, 7) is 0. The second kappa shape index (κ2) is 13.6. The summed E-state index contributed by atoms with van der Waals surface area (Å²) in [7, 11) is 0. The van der Waals surface area contributed by atoms with Crippen LogP contribution in [-0.4, -0.2) is 15.0 Å². The second-order valence-corrected chi connectivity index (χ2v) is 17.3. The Hall–Kier alpha value is -7.79. The Balaban J connectivity index is 0.928. The van der Waals surface area contributed by atoms with E-state index in [4.69, 9.17) is 15.0 Å². The van der Waals surface area contributed by atoms with Crippen molar-refractivity contribution < 1.29 is 0 Å². The molecule has 0 saturated carbocycles. The van der Waals surface area contributed by atoms with Gasteiger partial charge in [0.15, 0.2) is 17.5 Å². The first-order chi connectivity index (χ1) is 30.7. The van der Waals surface area contributed by atoms with E-state index in [1.807, 2.05) is 18.2 Å². The van der Waals surface area contributed by atoms with E-state index in [0.717, 1.165) is 27.8 Å². The number of thiophene rings is 1. The van der Waals surface area contributed by atoms with Crippen LogP contribution in [0.3, 0.4) is 0 Å². The molecule has 0 radical (unpaired) electrons. The van der Waals surface area contributed by atoms with E-state index in [1.165, 1.54) is 75.8 Å². The van der Waals surface area contributed by atoms with Crippen LogP contribution in [0.25, 0.3) is 98.8 Å². The van der Waals surface area contributed by atoms with E-state index in [1.54, 1.807) is 11.3 Å². The van der Waals surface area contributed by atoms with Crippen LogP contribution in [0.2, 0.25) is 0 Å². The average molecular weight is 806 g/mol. The Labute approximate surface area is 363 Å². The van der Waals surface area contributed by atoms with E-state index in [9.17, 15) is 0 Å². The van der Waals surface area contributed by atoms with E-state index in [-0.39, 0.29) is 5.41 Å². The number of fused-ring (bicyclic) bond motifs is 13. The first kappa shape index (κ1) is 35.0. The van der Waals surface area contributed by atoms with Crippen molar-refractivity contribution in [2.75, 3.05) is 0 Å². The molecule has 0 N–H and O–H groups in total. The molecule has 0 fully saturated rings. The minimum absolute atomic E-state index is 0.376. The summed E-state index contributed by atoms with van der Waals surface area (Å²) in [6.07, 6.45) is 0. The number of rotatable bonds is 5. The maximum absolute atomic E-state index is 5.27. The summed E-state index contributed by atoms with van der Waals surface area (Å²) in [6, 6.07) is 76.8. The zero-order chi connectivity index (χ0) is 40.8. The van der Waals surface area contributed by atoms with Gasteiger partial charge in [-0.2, -0.15) is 0 Å². The van der Waals surface area contributed by atoms with Crippen LogP contribution >= 0.6 is 11.3 Å². The summed E-state index contributed by atoms with van der Waals surface area (Å²) in [5.74, 6) is 1.96. The second-order valence-electron chi connectivity index (χ2n) is 16.2. The molecule has 4 heteroatoms. The number of hydrogen-bond donors (Lipinski definition) is 0. The SMILES string of the molecule is c1ccc(-c2nc(-c3ccccc3-c3ccc(-c4ccc5c(c4)C4(c6ccccc6-c6ccccc64)c4ccccc4-5)cc3)nc(-c3cccc4c3sc3ccccc34)n2)cc1. The molecule has 2 aromatic heterocycles. The van der Waals surface area contributed by atoms with Gasteiger partial charge < -0.3 is 0 Å². The standard InChI is InChI=1S/C58H35N3S/c1-2-15-38(16-3-1)55-59-56(61-57(60-55)48-24-14-23-46-45-21-9-13-28-53(45)62-54(46)48)47-22-5-4-17-40(47)37-31-29-36(30-32-37)39-33-34-44-43-20-8-12-27-51(43)58(52(44)35-39)49-25-10-6-18-41(49)42-19-7-11-26-50(42)58/h1-35H. The van der Waals surface area contributed by atoms with Crippen LogP contribution in [-0.2, 0) is 5.41 Å². The van der Waals surface area contributed by atoms with Gasteiger partial charge >= 0.3 is 0 Å². The molecule has 0 saturated heterocycles. The van der Waals surface area contributed by atoms with E-state index in [2.05, 4.69) is 194 Å².